The Morgan fingerprint density at radius 2 is 1.56 bits per heavy atom. The van der Waals surface area contributed by atoms with Gasteiger partial charge in [-0.2, -0.15) is 0 Å². The quantitative estimate of drug-likeness (QED) is 0.637. The Balaban J connectivity index is 1.40. The van der Waals surface area contributed by atoms with E-state index in [-0.39, 0.29) is 0 Å². The van der Waals surface area contributed by atoms with E-state index < -0.39 is 0 Å². The van der Waals surface area contributed by atoms with E-state index in [0.29, 0.717) is 12.2 Å². The predicted molar refractivity (Wildman–Crippen MR) is 109 cm³/mol. The van der Waals surface area contributed by atoms with Crippen LogP contribution in [0.15, 0.2) is 54.6 Å². The summed E-state index contributed by atoms with van der Waals surface area (Å²) in [6.45, 7) is 8.00. The molecule has 144 valence electrons. The highest BCUT2D eigenvalue weighted by Crippen LogP contribution is 2.26. The monoisotopic (exact) mass is 367 g/mol. The number of ether oxygens (including phenoxy) is 1. The number of para-hydroxylation sites is 2. The summed E-state index contributed by atoms with van der Waals surface area (Å²) < 4.78 is 5.08. The van der Waals surface area contributed by atoms with Gasteiger partial charge in [0.15, 0.2) is 5.75 Å². The molecule has 0 saturated carbocycles. The fourth-order valence-electron chi connectivity index (χ4n) is 3.50. The van der Waals surface area contributed by atoms with Gasteiger partial charge < -0.3 is 14.5 Å². The average molecular weight is 367 g/mol. The number of piperazine rings is 1. The number of hydrogen-bond donors (Lipinski definition) is 0. The minimum absolute atomic E-state index is 0.487. The molecule has 1 aliphatic rings. The summed E-state index contributed by atoms with van der Waals surface area (Å²) in [7, 11) is 2.04. The van der Waals surface area contributed by atoms with E-state index in [4.69, 9.17) is 4.74 Å². The van der Waals surface area contributed by atoms with Gasteiger partial charge in [-0.3, -0.25) is 9.69 Å². The second-order valence-corrected chi connectivity index (χ2v) is 7.02. The third-order valence-electron chi connectivity index (χ3n) is 5.23. The molecule has 0 amide bonds. The van der Waals surface area contributed by atoms with Gasteiger partial charge in [0.2, 0.25) is 0 Å². The highest BCUT2D eigenvalue weighted by atomic mass is 16.5. The molecule has 3 rings (SSSR count). The summed E-state index contributed by atoms with van der Waals surface area (Å²) in [5, 5.41) is 0. The van der Waals surface area contributed by atoms with E-state index in [1.165, 1.54) is 5.56 Å². The molecule has 27 heavy (non-hydrogen) atoms. The molecule has 0 N–H and O–H groups in total. The van der Waals surface area contributed by atoms with Crippen molar-refractivity contribution in [3.8, 4) is 5.75 Å². The number of benzene rings is 2. The normalized spacial score (nSPS) is 15.4. The van der Waals surface area contributed by atoms with Crippen LogP contribution in [0.25, 0.3) is 0 Å². The summed E-state index contributed by atoms with van der Waals surface area (Å²) in [6, 6.07) is 18.4. The second kappa shape index (κ2) is 10.1. The van der Waals surface area contributed by atoms with Crippen molar-refractivity contribution in [1.29, 1.82) is 0 Å². The van der Waals surface area contributed by atoms with E-state index >= 15 is 0 Å². The molecule has 1 heterocycles. The van der Waals surface area contributed by atoms with Crippen LogP contribution in [0.3, 0.4) is 0 Å². The SMILES string of the molecule is CN(CCN1CCN(CCc2ccccc2)CC1)c1ccccc1OC=O. The molecule has 1 aliphatic heterocycles. The number of likely N-dealkylation sites (N-methyl/N-ethyl adjacent to an activating group) is 1. The number of anilines is 1. The Kier molecular flexibility index (Phi) is 7.25. The standard InChI is InChI=1S/C22H29N3O2/c1-23(21-9-5-6-10-22(21)27-19-26)13-14-25-17-15-24(16-18-25)12-11-20-7-3-2-4-8-20/h2-10,19H,11-18H2,1H3. The summed E-state index contributed by atoms with van der Waals surface area (Å²) in [5.41, 5.74) is 2.36. The van der Waals surface area contributed by atoms with Crippen LogP contribution < -0.4 is 9.64 Å². The predicted octanol–water partition coefficient (Wildman–Crippen LogP) is 2.52. The lowest BCUT2D eigenvalue weighted by Gasteiger charge is -2.35. The maximum Gasteiger partial charge on any atom is 0.298 e. The summed E-state index contributed by atoms with van der Waals surface area (Å²) in [4.78, 5) is 17.9. The number of carbonyl (C=O) groups excluding carboxylic acids is 1. The van der Waals surface area contributed by atoms with Crippen LogP contribution in [0.4, 0.5) is 5.69 Å². The minimum atomic E-state index is 0.487. The van der Waals surface area contributed by atoms with Gasteiger partial charge in [0.25, 0.3) is 6.47 Å². The molecule has 0 unspecified atom stereocenters. The van der Waals surface area contributed by atoms with Crippen LogP contribution in [-0.4, -0.2) is 69.1 Å². The van der Waals surface area contributed by atoms with Crippen LogP contribution in [0.5, 0.6) is 5.75 Å². The fraction of sp³-hybridized carbons (Fsp3) is 0.409. The van der Waals surface area contributed by atoms with Crippen LogP contribution in [0.1, 0.15) is 5.56 Å². The first-order chi connectivity index (χ1) is 13.3. The molecule has 0 spiro atoms. The first-order valence-electron chi connectivity index (χ1n) is 9.65. The van der Waals surface area contributed by atoms with Crippen LogP contribution in [-0.2, 0) is 11.2 Å². The van der Waals surface area contributed by atoms with Crippen molar-refractivity contribution in [2.45, 2.75) is 6.42 Å². The van der Waals surface area contributed by atoms with Gasteiger partial charge in [0, 0.05) is 52.9 Å². The van der Waals surface area contributed by atoms with Crippen LogP contribution >= 0.6 is 0 Å². The molecule has 2 aromatic rings. The minimum Gasteiger partial charge on any atom is -0.427 e. The number of carbonyl (C=O) groups is 1. The molecule has 5 nitrogen and oxygen atoms in total. The van der Waals surface area contributed by atoms with Gasteiger partial charge in [-0.25, -0.2) is 0 Å². The van der Waals surface area contributed by atoms with Crippen molar-refractivity contribution in [3.05, 3.63) is 60.2 Å². The Morgan fingerprint density at radius 1 is 0.926 bits per heavy atom. The largest absolute Gasteiger partial charge is 0.427 e. The van der Waals surface area contributed by atoms with Gasteiger partial charge in [-0.15, -0.1) is 0 Å². The second-order valence-electron chi connectivity index (χ2n) is 7.02. The molecule has 1 fully saturated rings. The molecule has 5 heteroatoms. The van der Waals surface area contributed by atoms with Crippen molar-refractivity contribution in [3.63, 3.8) is 0 Å². The highest BCUT2D eigenvalue weighted by molar-refractivity contribution is 5.62. The zero-order valence-corrected chi connectivity index (χ0v) is 16.1. The first kappa shape index (κ1) is 19.4. The first-order valence-corrected chi connectivity index (χ1v) is 9.65. The van der Waals surface area contributed by atoms with Crippen molar-refractivity contribution in [1.82, 2.24) is 9.80 Å². The summed E-state index contributed by atoms with van der Waals surface area (Å²) in [6.07, 6.45) is 1.12. The Bertz CT molecular complexity index is 700. The molecule has 0 atom stereocenters. The third-order valence-corrected chi connectivity index (χ3v) is 5.23. The zero-order valence-electron chi connectivity index (χ0n) is 16.1. The summed E-state index contributed by atoms with van der Waals surface area (Å²) >= 11 is 0. The van der Waals surface area contributed by atoms with Crippen molar-refractivity contribution in [2.24, 2.45) is 0 Å². The van der Waals surface area contributed by atoms with E-state index in [1.807, 2.05) is 31.3 Å². The van der Waals surface area contributed by atoms with Crippen LogP contribution in [0.2, 0.25) is 0 Å². The number of rotatable bonds is 9. The molecule has 0 bridgehead atoms. The van der Waals surface area contributed by atoms with E-state index in [9.17, 15) is 4.79 Å². The smallest absolute Gasteiger partial charge is 0.298 e. The topological polar surface area (TPSA) is 36.0 Å². The van der Waals surface area contributed by atoms with Gasteiger partial charge in [0.1, 0.15) is 0 Å². The van der Waals surface area contributed by atoms with E-state index in [2.05, 4.69) is 45.0 Å². The number of hydrogen-bond acceptors (Lipinski definition) is 5. The van der Waals surface area contributed by atoms with Gasteiger partial charge in [0.05, 0.1) is 5.69 Å². The molecule has 2 aromatic carbocycles. The zero-order chi connectivity index (χ0) is 18.9. The average Bonchev–Trinajstić information content (AvgIpc) is 2.73. The van der Waals surface area contributed by atoms with Crippen molar-refractivity contribution in [2.75, 3.05) is 57.8 Å². The Hall–Kier alpha value is -2.37. The van der Waals surface area contributed by atoms with Crippen molar-refractivity contribution >= 4 is 12.2 Å². The highest BCUT2D eigenvalue weighted by Gasteiger charge is 2.17. The molecule has 1 saturated heterocycles. The number of nitrogens with zero attached hydrogens (tertiary/aromatic N) is 3. The van der Waals surface area contributed by atoms with Gasteiger partial charge >= 0.3 is 0 Å². The molecular weight excluding hydrogens is 338 g/mol. The Labute approximate surface area is 162 Å². The maximum absolute atomic E-state index is 10.7. The van der Waals surface area contributed by atoms with Gasteiger partial charge in [-0.1, -0.05) is 42.5 Å². The van der Waals surface area contributed by atoms with E-state index in [0.717, 1.165) is 57.9 Å². The lowest BCUT2D eigenvalue weighted by Crippen LogP contribution is -2.48. The maximum atomic E-state index is 10.7. The molecule has 0 aliphatic carbocycles. The van der Waals surface area contributed by atoms with Crippen molar-refractivity contribution < 1.29 is 9.53 Å². The summed E-state index contributed by atoms with van der Waals surface area (Å²) in [5.74, 6) is 0.612. The molecule has 0 aromatic heterocycles. The van der Waals surface area contributed by atoms with E-state index in [1.54, 1.807) is 0 Å². The third kappa shape index (κ3) is 5.81. The fourth-order valence-corrected chi connectivity index (χ4v) is 3.50. The molecule has 0 radical (unpaired) electrons. The lowest BCUT2D eigenvalue weighted by molar-refractivity contribution is -0.120. The van der Waals surface area contributed by atoms with Crippen LogP contribution in [0, 0.1) is 0 Å². The van der Waals surface area contributed by atoms with Gasteiger partial charge in [-0.05, 0) is 24.1 Å². The lowest BCUT2D eigenvalue weighted by atomic mass is 10.1. The molecular formula is C22H29N3O2. The Morgan fingerprint density at radius 3 is 2.26 bits per heavy atom.